The summed E-state index contributed by atoms with van der Waals surface area (Å²) in [5.74, 6) is 0. The highest BCUT2D eigenvalue weighted by Gasteiger charge is 2.17. The molecule has 0 fully saturated rings. The third-order valence-corrected chi connectivity index (χ3v) is 5.59. The van der Waals surface area contributed by atoms with Gasteiger partial charge in [0.05, 0.1) is 22.4 Å². The van der Waals surface area contributed by atoms with Crippen molar-refractivity contribution < 1.29 is 0 Å². The molecule has 4 aromatic rings. The summed E-state index contributed by atoms with van der Waals surface area (Å²) in [6, 6.07) is 26.5. The van der Waals surface area contributed by atoms with Crippen LogP contribution in [-0.2, 0) is 0 Å². The van der Waals surface area contributed by atoms with Crippen LogP contribution in [0.5, 0.6) is 0 Å². The van der Waals surface area contributed by atoms with Crippen LogP contribution in [0.15, 0.2) is 72.8 Å². The molecule has 0 atom stereocenters. The topological polar surface area (TPSA) is 7.65 Å². The van der Waals surface area contributed by atoms with Gasteiger partial charge in [-0.2, -0.15) is 0 Å². The molecule has 0 aliphatic heterocycles. The van der Waals surface area contributed by atoms with Gasteiger partial charge in [-0.25, -0.2) is 0 Å². The number of rotatable bonds is 8. The number of hydrogen-bond acceptors (Lipinski definition) is 1. The Hall–Kier alpha value is -2.74. The highest BCUT2D eigenvalue weighted by molar-refractivity contribution is 5.92. The van der Waals surface area contributed by atoms with Crippen molar-refractivity contribution in [3.05, 3.63) is 72.8 Å². The maximum absolute atomic E-state index is 2.60. The largest absolute Gasteiger partial charge is 0.370 e. The minimum atomic E-state index is 1.12. The van der Waals surface area contributed by atoms with E-state index in [0.717, 1.165) is 13.1 Å². The molecule has 0 radical (unpaired) electrons. The van der Waals surface area contributed by atoms with E-state index in [1.54, 1.807) is 0 Å². The predicted molar refractivity (Wildman–Crippen MR) is 122 cm³/mol. The molecule has 144 valence electrons. The van der Waals surface area contributed by atoms with Crippen molar-refractivity contribution in [1.29, 1.82) is 0 Å². The second kappa shape index (κ2) is 8.52. The van der Waals surface area contributed by atoms with Crippen molar-refractivity contribution in [3.63, 3.8) is 0 Å². The minimum absolute atomic E-state index is 1.12. The number of benzene rings is 2. The first-order chi connectivity index (χ1) is 13.8. The number of para-hydroxylation sites is 1. The molecule has 0 amide bonds. The maximum atomic E-state index is 2.60. The normalized spacial score (nSPS) is 11.4. The number of nitrogens with zero attached hydrogens (tertiary/aromatic N) is 2. The molecule has 0 aliphatic carbocycles. The standard InChI is InChI=1S/C26H30N2/c1-3-5-18-27(19-6-4-2)26-20-25(21-12-8-7-9-13-21)28-23-15-11-10-14-22(23)16-17-24(26)28/h7-17,20H,3-6,18-19H2,1-2H3. The number of aromatic nitrogens is 1. The molecule has 0 bridgehead atoms. The lowest BCUT2D eigenvalue weighted by Gasteiger charge is -2.24. The lowest BCUT2D eigenvalue weighted by molar-refractivity contribution is 0.680. The average molecular weight is 371 g/mol. The van der Waals surface area contributed by atoms with Crippen LogP contribution in [0, 0.1) is 0 Å². The van der Waals surface area contributed by atoms with Gasteiger partial charge in [-0.1, -0.05) is 81.3 Å². The fraction of sp³-hybridized carbons (Fsp3) is 0.308. The zero-order valence-corrected chi connectivity index (χ0v) is 17.1. The van der Waals surface area contributed by atoms with E-state index in [2.05, 4.69) is 95.9 Å². The smallest absolute Gasteiger partial charge is 0.0696 e. The zero-order chi connectivity index (χ0) is 19.3. The van der Waals surface area contributed by atoms with E-state index < -0.39 is 0 Å². The van der Waals surface area contributed by atoms with Crippen LogP contribution in [0.25, 0.3) is 27.7 Å². The van der Waals surface area contributed by atoms with Gasteiger partial charge in [-0.05, 0) is 42.0 Å². The summed E-state index contributed by atoms with van der Waals surface area (Å²) in [5.41, 5.74) is 6.50. The molecular formula is C26H30N2. The highest BCUT2D eigenvalue weighted by atomic mass is 15.1. The zero-order valence-electron chi connectivity index (χ0n) is 17.1. The van der Waals surface area contributed by atoms with Gasteiger partial charge >= 0.3 is 0 Å². The summed E-state index contributed by atoms with van der Waals surface area (Å²) in [4.78, 5) is 2.60. The third-order valence-electron chi connectivity index (χ3n) is 5.59. The van der Waals surface area contributed by atoms with Crippen molar-refractivity contribution in [3.8, 4) is 11.3 Å². The Bertz CT molecular complexity index is 1040. The van der Waals surface area contributed by atoms with Crippen LogP contribution in [-0.4, -0.2) is 17.5 Å². The van der Waals surface area contributed by atoms with Gasteiger partial charge in [0, 0.05) is 13.1 Å². The Morgan fingerprint density at radius 2 is 1.39 bits per heavy atom. The number of hydrogen-bond donors (Lipinski definition) is 0. The van der Waals surface area contributed by atoms with Gasteiger partial charge in [-0.15, -0.1) is 0 Å². The van der Waals surface area contributed by atoms with E-state index in [0.29, 0.717) is 0 Å². The first-order valence-corrected chi connectivity index (χ1v) is 10.7. The van der Waals surface area contributed by atoms with Gasteiger partial charge < -0.3 is 9.30 Å². The molecule has 28 heavy (non-hydrogen) atoms. The monoisotopic (exact) mass is 370 g/mol. The summed E-state index contributed by atoms with van der Waals surface area (Å²) in [7, 11) is 0. The van der Waals surface area contributed by atoms with E-state index in [1.807, 2.05) is 0 Å². The number of anilines is 1. The van der Waals surface area contributed by atoms with Crippen molar-refractivity contribution in [1.82, 2.24) is 4.40 Å². The first kappa shape index (κ1) is 18.6. The van der Waals surface area contributed by atoms with Gasteiger partial charge in [0.1, 0.15) is 0 Å². The lowest BCUT2D eigenvalue weighted by Crippen LogP contribution is -2.25. The van der Waals surface area contributed by atoms with E-state index in [9.17, 15) is 0 Å². The number of fused-ring (bicyclic) bond motifs is 3. The third kappa shape index (κ3) is 3.52. The van der Waals surface area contributed by atoms with Gasteiger partial charge in [-0.3, -0.25) is 0 Å². The molecule has 0 saturated heterocycles. The van der Waals surface area contributed by atoms with Crippen LogP contribution in [0.4, 0.5) is 5.69 Å². The second-order valence-electron chi connectivity index (χ2n) is 7.59. The van der Waals surface area contributed by atoms with Crippen molar-refractivity contribution in [2.75, 3.05) is 18.0 Å². The van der Waals surface area contributed by atoms with E-state index in [1.165, 1.54) is 59.0 Å². The van der Waals surface area contributed by atoms with Crippen molar-refractivity contribution >= 4 is 22.1 Å². The summed E-state index contributed by atoms with van der Waals surface area (Å²) in [6.07, 6.45) is 4.91. The Morgan fingerprint density at radius 3 is 2.11 bits per heavy atom. The summed E-state index contributed by atoms with van der Waals surface area (Å²) >= 11 is 0. The van der Waals surface area contributed by atoms with Crippen LogP contribution in [0.2, 0.25) is 0 Å². The van der Waals surface area contributed by atoms with Crippen LogP contribution < -0.4 is 4.90 Å². The summed E-state index contributed by atoms with van der Waals surface area (Å²) in [6.45, 7) is 6.80. The molecule has 2 aromatic heterocycles. The van der Waals surface area contributed by atoms with Gasteiger partial charge in [0.15, 0.2) is 0 Å². The molecule has 0 spiro atoms. The molecule has 4 rings (SSSR count). The van der Waals surface area contributed by atoms with E-state index in [4.69, 9.17) is 0 Å². The molecule has 2 aromatic carbocycles. The van der Waals surface area contributed by atoms with E-state index >= 15 is 0 Å². The SMILES string of the molecule is CCCCN(CCCC)c1cc(-c2ccccc2)n2c1ccc1ccccc12. The lowest BCUT2D eigenvalue weighted by atomic mass is 10.1. The molecule has 2 nitrogen and oxygen atoms in total. The van der Waals surface area contributed by atoms with Gasteiger partial charge in [0.25, 0.3) is 0 Å². The average Bonchev–Trinajstić information content (AvgIpc) is 3.15. The first-order valence-electron chi connectivity index (χ1n) is 10.7. The number of pyridine rings is 1. The quantitative estimate of drug-likeness (QED) is 0.319. The summed E-state index contributed by atoms with van der Waals surface area (Å²) in [5, 5.41) is 1.28. The molecule has 0 aliphatic rings. The fourth-order valence-electron chi connectivity index (χ4n) is 4.06. The number of unbranched alkanes of at least 4 members (excludes halogenated alkanes) is 2. The predicted octanol–water partition coefficient (Wildman–Crippen LogP) is 7.17. The second-order valence-corrected chi connectivity index (χ2v) is 7.59. The summed E-state index contributed by atoms with van der Waals surface area (Å²) < 4.78 is 2.45. The highest BCUT2D eigenvalue weighted by Crippen LogP contribution is 2.35. The molecule has 0 N–H and O–H groups in total. The Morgan fingerprint density at radius 1 is 0.714 bits per heavy atom. The Balaban J connectivity index is 1.95. The molecule has 0 saturated carbocycles. The van der Waals surface area contributed by atoms with Crippen LogP contribution in [0.3, 0.4) is 0 Å². The Labute approximate surface area is 168 Å². The van der Waals surface area contributed by atoms with Gasteiger partial charge in [0.2, 0.25) is 0 Å². The molecular weight excluding hydrogens is 340 g/mol. The minimum Gasteiger partial charge on any atom is -0.370 e. The van der Waals surface area contributed by atoms with Crippen LogP contribution in [0.1, 0.15) is 39.5 Å². The molecule has 2 heterocycles. The van der Waals surface area contributed by atoms with Crippen molar-refractivity contribution in [2.24, 2.45) is 0 Å². The maximum Gasteiger partial charge on any atom is 0.0696 e. The van der Waals surface area contributed by atoms with E-state index in [-0.39, 0.29) is 0 Å². The van der Waals surface area contributed by atoms with Crippen LogP contribution >= 0.6 is 0 Å². The molecule has 2 heteroatoms. The Kier molecular flexibility index (Phi) is 5.66. The van der Waals surface area contributed by atoms with Crippen molar-refractivity contribution in [2.45, 2.75) is 39.5 Å². The molecule has 0 unspecified atom stereocenters. The fourth-order valence-corrected chi connectivity index (χ4v) is 4.06.